The Morgan fingerprint density at radius 2 is 2.07 bits per heavy atom. The zero-order valence-corrected chi connectivity index (χ0v) is 9.95. The van der Waals surface area contributed by atoms with Crippen LogP contribution in [0.2, 0.25) is 0 Å². The van der Waals surface area contributed by atoms with Gasteiger partial charge in [-0.25, -0.2) is 0 Å². The van der Waals surface area contributed by atoms with E-state index in [4.69, 9.17) is 20.4 Å². The number of nitrogens with zero attached hydrogens (tertiary/aromatic N) is 1. The highest BCUT2D eigenvalue weighted by molar-refractivity contribution is 7.51. The highest BCUT2D eigenvalue weighted by Crippen LogP contribution is 2.36. The first-order chi connectivity index (χ1) is 6.95. The van der Waals surface area contributed by atoms with Crippen LogP contribution in [0, 0.1) is 11.3 Å². The predicted octanol–water partition coefficient (Wildman–Crippen LogP) is 1.62. The van der Waals surface area contributed by atoms with E-state index >= 15 is 0 Å². The molecule has 0 aliphatic carbocycles. The zero-order valence-electron chi connectivity index (χ0n) is 9.06. The van der Waals surface area contributed by atoms with Gasteiger partial charge >= 0.3 is 7.60 Å². The zero-order chi connectivity index (χ0) is 11.7. The molecule has 0 saturated carbocycles. The summed E-state index contributed by atoms with van der Waals surface area (Å²) in [6, 6.07) is 1.60. The van der Waals surface area contributed by atoms with Crippen LogP contribution in [0.1, 0.15) is 32.1 Å². The molecule has 0 rings (SSSR count). The number of rotatable bonds is 8. The first kappa shape index (κ1) is 14.6. The van der Waals surface area contributed by atoms with Crippen LogP contribution in [0.25, 0.3) is 0 Å². The second kappa shape index (κ2) is 7.84. The van der Waals surface area contributed by atoms with Crippen molar-refractivity contribution in [2.75, 3.05) is 13.3 Å². The normalized spacial score (nSPS) is 16.7. The summed E-state index contributed by atoms with van der Waals surface area (Å²) in [7, 11) is -3.30. The minimum Gasteiger partial charge on any atom is -0.324 e. The molecule has 0 radical (unpaired) electrons. The molecule has 0 aliphatic heterocycles. The molecule has 0 amide bonds. The highest BCUT2D eigenvalue weighted by atomic mass is 31.2. The van der Waals surface area contributed by atoms with Gasteiger partial charge in [0.05, 0.1) is 18.7 Å². The van der Waals surface area contributed by atoms with Crippen molar-refractivity contribution in [2.24, 2.45) is 5.73 Å². The molecular weight excluding hydrogens is 215 g/mol. The third kappa shape index (κ3) is 11.5. The summed E-state index contributed by atoms with van der Waals surface area (Å²) in [6.45, 7) is 1.49. The van der Waals surface area contributed by atoms with Gasteiger partial charge in [0.15, 0.2) is 0 Å². The van der Waals surface area contributed by atoms with Crippen molar-refractivity contribution in [1.29, 1.82) is 5.26 Å². The number of unbranched alkanes of at least 4 members (excludes halogenated alkanes) is 3. The lowest BCUT2D eigenvalue weighted by Gasteiger charge is -2.06. The van der Waals surface area contributed by atoms with Crippen molar-refractivity contribution >= 4 is 7.60 Å². The summed E-state index contributed by atoms with van der Waals surface area (Å²) in [5, 5.41) is 8.41. The molecule has 15 heavy (non-hydrogen) atoms. The van der Waals surface area contributed by atoms with E-state index < -0.39 is 7.60 Å². The van der Waals surface area contributed by atoms with E-state index in [-0.39, 0.29) is 6.04 Å². The lowest BCUT2D eigenvalue weighted by atomic mass is 10.1. The number of hydrogen-bond donors (Lipinski definition) is 2. The van der Waals surface area contributed by atoms with Crippen LogP contribution < -0.4 is 5.73 Å². The largest absolute Gasteiger partial charge is 0.325 e. The number of nitrogens with two attached hydrogens (primary N) is 1. The third-order valence-corrected chi connectivity index (χ3v) is 2.57. The minimum atomic E-state index is -3.30. The summed E-state index contributed by atoms with van der Waals surface area (Å²) in [5.74, 6) is 0. The molecule has 0 aromatic heterocycles. The molecule has 2 unspecified atom stereocenters. The number of hydrogen-bond acceptors (Lipinski definition) is 4. The van der Waals surface area contributed by atoms with E-state index in [2.05, 4.69) is 0 Å². The van der Waals surface area contributed by atoms with Crippen molar-refractivity contribution in [3.05, 3.63) is 0 Å². The van der Waals surface area contributed by atoms with Crippen LogP contribution >= 0.6 is 7.60 Å². The van der Waals surface area contributed by atoms with E-state index in [1.54, 1.807) is 0 Å². The Labute approximate surface area is 90.8 Å². The lowest BCUT2D eigenvalue weighted by molar-refractivity contribution is 0.257. The smallest absolute Gasteiger partial charge is 0.324 e. The molecule has 0 spiro atoms. The molecule has 0 fully saturated rings. The van der Waals surface area contributed by atoms with Crippen molar-refractivity contribution in [2.45, 2.75) is 38.1 Å². The van der Waals surface area contributed by atoms with Crippen molar-refractivity contribution < 1.29 is 14.0 Å². The third-order valence-electron chi connectivity index (χ3n) is 1.91. The SMILES string of the molecule is CP(=O)(O)OCCCCCCC(N)C#N. The van der Waals surface area contributed by atoms with Crippen LogP contribution in [0.4, 0.5) is 0 Å². The first-order valence-corrected chi connectivity index (χ1v) is 7.08. The van der Waals surface area contributed by atoms with Crippen LogP contribution in [0.3, 0.4) is 0 Å². The summed E-state index contributed by atoms with van der Waals surface area (Å²) in [6.07, 6.45) is 4.29. The fourth-order valence-electron chi connectivity index (χ4n) is 1.12. The maximum absolute atomic E-state index is 10.7. The molecule has 0 heterocycles. The Morgan fingerprint density at radius 1 is 1.47 bits per heavy atom. The van der Waals surface area contributed by atoms with E-state index in [0.717, 1.165) is 25.7 Å². The predicted molar refractivity (Wildman–Crippen MR) is 58.4 cm³/mol. The molecule has 0 aliphatic rings. The van der Waals surface area contributed by atoms with Gasteiger partial charge in [-0.15, -0.1) is 0 Å². The molecule has 0 aromatic rings. The summed E-state index contributed by atoms with van der Waals surface area (Å²) >= 11 is 0. The van der Waals surface area contributed by atoms with Crippen LogP contribution in [0.5, 0.6) is 0 Å². The summed E-state index contributed by atoms with van der Waals surface area (Å²) < 4.78 is 15.4. The van der Waals surface area contributed by atoms with Gasteiger partial charge in [-0.3, -0.25) is 4.57 Å². The second-order valence-corrected chi connectivity index (χ2v) is 5.44. The first-order valence-electron chi connectivity index (χ1n) is 5.05. The maximum Gasteiger partial charge on any atom is 0.325 e. The van der Waals surface area contributed by atoms with Gasteiger partial charge in [0, 0.05) is 6.66 Å². The topological polar surface area (TPSA) is 96.3 Å². The van der Waals surface area contributed by atoms with Gasteiger partial charge in [0.25, 0.3) is 0 Å². The quantitative estimate of drug-likeness (QED) is 0.491. The van der Waals surface area contributed by atoms with Gasteiger partial charge in [-0.05, 0) is 12.8 Å². The molecule has 0 bridgehead atoms. The Balaban J connectivity index is 3.20. The Morgan fingerprint density at radius 3 is 2.60 bits per heavy atom. The van der Waals surface area contributed by atoms with Crippen LogP contribution in [-0.4, -0.2) is 24.2 Å². The van der Waals surface area contributed by atoms with Crippen molar-refractivity contribution in [3.63, 3.8) is 0 Å². The monoisotopic (exact) mass is 234 g/mol. The Kier molecular flexibility index (Phi) is 7.63. The minimum absolute atomic E-state index is 0.314. The fourth-order valence-corrected chi connectivity index (χ4v) is 1.59. The van der Waals surface area contributed by atoms with Gasteiger partial charge in [0.2, 0.25) is 0 Å². The van der Waals surface area contributed by atoms with Gasteiger partial charge in [0.1, 0.15) is 0 Å². The van der Waals surface area contributed by atoms with E-state index in [0.29, 0.717) is 13.0 Å². The van der Waals surface area contributed by atoms with Crippen molar-refractivity contribution in [1.82, 2.24) is 0 Å². The Bertz CT molecular complexity index is 246. The summed E-state index contributed by atoms with van der Waals surface area (Å²) in [5.41, 5.74) is 5.42. The lowest BCUT2D eigenvalue weighted by Crippen LogP contribution is -2.16. The van der Waals surface area contributed by atoms with Gasteiger partial charge < -0.3 is 15.2 Å². The summed E-state index contributed by atoms with van der Waals surface area (Å²) in [4.78, 5) is 8.81. The van der Waals surface area contributed by atoms with E-state index in [1.807, 2.05) is 6.07 Å². The molecule has 6 heteroatoms. The molecular formula is C9H19N2O3P. The average molecular weight is 234 g/mol. The van der Waals surface area contributed by atoms with E-state index in [9.17, 15) is 4.57 Å². The van der Waals surface area contributed by atoms with Crippen LogP contribution in [-0.2, 0) is 9.09 Å². The fraction of sp³-hybridized carbons (Fsp3) is 0.889. The van der Waals surface area contributed by atoms with Crippen molar-refractivity contribution in [3.8, 4) is 6.07 Å². The standard InChI is InChI=1S/C9H19N2O3P/c1-15(12,13)14-7-5-3-2-4-6-9(11)8-10/h9H,2-7,11H2,1H3,(H,12,13). The average Bonchev–Trinajstić information content (AvgIpc) is 2.14. The maximum atomic E-state index is 10.7. The van der Waals surface area contributed by atoms with Gasteiger partial charge in [-0.1, -0.05) is 19.3 Å². The number of nitriles is 1. The molecule has 2 atom stereocenters. The highest BCUT2D eigenvalue weighted by Gasteiger charge is 2.08. The second-order valence-electron chi connectivity index (χ2n) is 3.57. The van der Waals surface area contributed by atoms with E-state index in [1.165, 1.54) is 6.66 Å². The van der Waals surface area contributed by atoms with Gasteiger partial charge in [-0.2, -0.15) is 5.26 Å². The molecule has 3 N–H and O–H groups in total. The molecule has 0 saturated heterocycles. The van der Waals surface area contributed by atoms with Crippen LogP contribution in [0.15, 0.2) is 0 Å². The molecule has 88 valence electrons. The molecule has 0 aromatic carbocycles. The Hall–Kier alpha value is -0.400. The molecule has 5 nitrogen and oxygen atoms in total.